The first-order chi connectivity index (χ1) is 14.2. The summed E-state index contributed by atoms with van der Waals surface area (Å²) >= 11 is 7.67. The van der Waals surface area contributed by atoms with Gasteiger partial charge < -0.3 is 15.4 Å². The van der Waals surface area contributed by atoms with Crippen LogP contribution in [0, 0.1) is 0 Å². The molecule has 1 aliphatic rings. The van der Waals surface area contributed by atoms with E-state index in [1.165, 1.54) is 11.3 Å². The molecule has 8 nitrogen and oxygen atoms in total. The second-order valence-corrected chi connectivity index (χ2v) is 7.88. The van der Waals surface area contributed by atoms with E-state index in [0.29, 0.717) is 36.2 Å². The van der Waals surface area contributed by atoms with Gasteiger partial charge in [-0.2, -0.15) is 5.10 Å². The van der Waals surface area contributed by atoms with E-state index >= 15 is 0 Å². The number of nitrogens with one attached hydrogen (secondary N) is 3. The average molecular weight is 433 g/mol. The van der Waals surface area contributed by atoms with Gasteiger partial charge in [0.25, 0.3) is 0 Å². The Labute approximate surface area is 177 Å². The first kappa shape index (κ1) is 19.8. The number of urea groups is 1. The number of thiazole rings is 1. The van der Waals surface area contributed by atoms with Crippen LogP contribution in [0.15, 0.2) is 42.0 Å². The zero-order chi connectivity index (χ0) is 20.1. The molecule has 152 valence electrons. The Kier molecular flexibility index (Phi) is 6.40. The molecule has 10 heteroatoms. The van der Waals surface area contributed by atoms with Crippen LogP contribution >= 0.6 is 22.9 Å². The second kappa shape index (κ2) is 9.36. The summed E-state index contributed by atoms with van der Waals surface area (Å²) in [6.45, 7) is 3.40. The minimum Gasteiger partial charge on any atom is -0.379 e. The van der Waals surface area contributed by atoms with Gasteiger partial charge in [0.15, 0.2) is 0 Å². The highest BCUT2D eigenvalue weighted by molar-refractivity contribution is 7.13. The SMILES string of the molecule is O=C(NCC(c1cccc(Cl)c1)N1CCOCC1)Nc1cn[nH]c1-c1nccs1. The fourth-order valence-electron chi connectivity index (χ4n) is 3.31. The largest absolute Gasteiger partial charge is 0.379 e. The molecular formula is C19H21ClN6O2S. The van der Waals surface area contributed by atoms with Crippen molar-refractivity contribution in [1.82, 2.24) is 25.4 Å². The molecule has 1 unspecified atom stereocenters. The molecule has 0 bridgehead atoms. The van der Waals surface area contributed by atoms with Gasteiger partial charge >= 0.3 is 6.03 Å². The average Bonchev–Trinajstić information content (AvgIpc) is 3.41. The number of carbonyl (C=O) groups is 1. The van der Waals surface area contributed by atoms with Crippen LogP contribution in [0.2, 0.25) is 5.02 Å². The number of carbonyl (C=O) groups excluding carboxylic acids is 1. The predicted molar refractivity (Wildman–Crippen MR) is 113 cm³/mol. The smallest absolute Gasteiger partial charge is 0.319 e. The number of rotatable bonds is 6. The standard InChI is InChI=1S/C19H21ClN6O2S/c20-14-3-1-2-13(10-14)16(26-5-7-28-8-6-26)12-22-19(27)24-15-11-23-25-17(15)18-21-4-9-29-18/h1-4,9-11,16H,5-8,12H2,(H,23,25)(H2,22,24,27). The van der Waals surface area contributed by atoms with Crippen molar-refractivity contribution in [3.63, 3.8) is 0 Å². The highest BCUT2D eigenvalue weighted by atomic mass is 35.5. The molecule has 0 spiro atoms. The Bertz CT molecular complexity index is 942. The zero-order valence-corrected chi connectivity index (χ0v) is 17.2. The summed E-state index contributed by atoms with van der Waals surface area (Å²) in [5.41, 5.74) is 2.34. The van der Waals surface area contributed by atoms with Crippen molar-refractivity contribution < 1.29 is 9.53 Å². The fourth-order valence-corrected chi connectivity index (χ4v) is 4.15. The number of hydrogen-bond donors (Lipinski definition) is 3. The lowest BCUT2D eigenvalue weighted by Crippen LogP contribution is -2.44. The van der Waals surface area contributed by atoms with Crippen LogP contribution in [0.5, 0.6) is 0 Å². The van der Waals surface area contributed by atoms with Gasteiger partial charge in [0.2, 0.25) is 0 Å². The molecule has 1 saturated heterocycles. The van der Waals surface area contributed by atoms with Gasteiger partial charge in [0.1, 0.15) is 10.7 Å². The van der Waals surface area contributed by atoms with Gasteiger partial charge in [-0.05, 0) is 17.7 Å². The fraction of sp³-hybridized carbons (Fsp3) is 0.316. The van der Waals surface area contributed by atoms with Crippen molar-refractivity contribution >= 4 is 34.7 Å². The number of nitrogens with zero attached hydrogens (tertiary/aromatic N) is 3. The van der Waals surface area contributed by atoms with Gasteiger partial charge in [0, 0.05) is 36.2 Å². The Morgan fingerprint density at radius 3 is 3.00 bits per heavy atom. The van der Waals surface area contributed by atoms with Crippen LogP contribution in [0.1, 0.15) is 11.6 Å². The molecule has 2 aromatic heterocycles. The molecule has 3 heterocycles. The van der Waals surface area contributed by atoms with Crippen molar-refractivity contribution in [2.75, 3.05) is 38.2 Å². The van der Waals surface area contributed by atoms with Crippen LogP contribution in [0.4, 0.5) is 10.5 Å². The number of H-pyrrole nitrogens is 1. The van der Waals surface area contributed by atoms with E-state index in [2.05, 4.69) is 30.7 Å². The maximum absolute atomic E-state index is 12.6. The summed E-state index contributed by atoms with van der Waals surface area (Å²) in [6, 6.07) is 7.45. The molecule has 0 saturated carbocycles. The molecule has 3 N–H and O–H groups in total. The first-order valence-corrected chi connectivity index (χ1v) is 10.5. The number of benzene rings is 1. The molecule has 1 aliphatic heterocycles. The van der Waals surface area contributed by atoms with E-state index in [-0.39, 0.29) is 12.1 Å². The summed E-state index contributed by atoms with van der Waals surface area (Å²) in [7, 11) is 0. The lowest BCUT2D eigenvalue weighted by atomic mass is 10.0. The maximum atomic E-state index is 12.6. The van der Waals surface area contributed by atoms with Crippen LogP contribution < -0.4 is 10.6 Å². The lowest BCUT2D eigenvalue weighted by molar-refractivity contribution is 0.0168. The molecule has 4 rings (SSSR count). The summed E-state index contributed by atoms with van der Waals surface area (Å²) in [6.07, 6.45) is 3.29. The monoisotopic (exact) mass is 432 g/mol. The Hall–Kier alpha value is -2.46. The lowest BCUT2D eigenvalue weighted by Gasteiger charge is -2.35. The van der Waals surface area contributed by atoms with E-state index in [1.54, 1.807) is 12.4 Å². The molecule has 0 aliphatic carbocycles. The molecule has 0 radical (unpaired) electrons. The third-order valence-electron chi connectivity index (χ3n) is 4.71. The van der Waals surface area contributed by atoms with E-state index < -0.39 is 0 Å². The van der Waals surface area contributed by atoms with Gasteiger partial charge in [-0.1, -0.05) is 23.7 Å². The van der Waals surface area contributed by atoms with Crippen LogP contribution in [0.3, 0.4) is 0 Å². The number of aromatic nitrogens is 3. The molecular weight excluding hydrogens is 412 g/mol. The van der Waals surface area contributed by atoms with Gasteiger partial charge in [0.05, 0.1) is 31.1 Å². The maximum Gasteiger partial charge on any atom is 0.319 e. The van der Waals surface area contributed by atoms with Gasteiger partial charge in [-0.3, -0.25) is 10.00 Å². The van der Waals surface area contributed by atoms with E-state index in [4.69, 9.17) is 16.3 Å². The van der Waals surface area contributed by atoms with Crippen molar-refractivity contribution in [3.8, 4) is 10.7 Å². The number of ether oxygens (including phenoxy) is 1. The molecule has 1 fully saturated rings. The summed E-state index contributed by atoms with van der Waals surface area (Å²) in [5.74, 6) is 0. The number of anilines is 1. The number of aromatic amines is 1. The quantitative estimate of drug-likeness (QED) is 0.555. The molecule has 1 atom stereocenters. The summed E-state index contributed by atoms with van der Waals surface area (Å²) in [4.78, 5) is 19.1. The molecule has 1 aromatic carbocycles. The Balaban J connectivity index is 1.43. The van der Waals surface area contributed by atoms with Crippen molar-refractivity contribution in [1.29, 1.82) is 0 Å². The number of morpholine rings is 1. The summed E-state index contributed by atoms with van der Waals surface area (Å²) < 4.78 is 5.47. The number of amides is 2. The topological polar surface area (TPSA) is 95.2 Å². The predicted octanol–water partition coefficient (Wildman–Crippen LogP) is 3.38. The number of halogens is 1. The highest BCUT2D eigenvalue weighted by Crippen LogP contribution is 2.27. The van der Waals surface area contributed by atoms with Crippen molar-refractivity contribution in [3.05, 3.63) is 52.6 Å². The van der Waals surface area contributed by atoms with Crippen LogP contribution in [-0.4, -0.2) is 59.0 Å². The molecule has 2 amide bonds. The minimum absolute atomic E-state index is 0.00568. The minimum atomic E-state index is -0.301. The van der Waals surface area contributed by atoms with E-state index in [0.717, 1.165) is 23.7 Å². The van der Waals surface area contributed by atoms with Gasteiger partial charge in [-0.25, -0.2) is 9.78 Å². The van der Waals surface area contributed by atoms with Crippen LogP contribution in [0.25, 0.3) is 10.7 Å². The third kappa shape index (κ3) is 4.94. The molecule has 29 heavy (non-hydrogen) atoms. The zero-order valence-electron chi connectivity index (χ0n) is 15.6. The third-order valence-corrected chi connectivity index (χ3v) is 5.74. The number of hydrogen-bond acceptors (Lipinski definition) is 6. The first-order valence-electron chi connectivity index (χ1n) is 9.26. The normalized spacial score (nSPS) is 15.8. The van der Waals surface area contributed by atoms with Crippen LogP contribution in [-0.2, 0) is 4.74 Å². The Morgan fingerprint density at radius 1 is 1.38 bits per heavy atom. The van der Waals surface area contributed by atoms with Crippen molar-refractivity contribution in [2.24, 2.45) is 0 Å². The summed E-state index contributed by atoms with van der Waals surface area (Å²) in [5, 5.41) is 16.0. The second-order valence-electron chi connectivity index (χ2n) is 6.55. The Morgan fingerprint density at radius 2 is 2.24 bits per heavy atom. The highest BCUT2D eigenvalue weighted by Gasteiger charge is 2.23. The van der Waals surface area contributed by atoms with E-state index in [1.807, 2.05) is 29.6 Å². The van der Waals surface area contributed by atoms with Gasteiger partial charge in [-0.15, -0.1) is 11.3 Å². The van der Waals surface area contributed by atoms with Crippen molar-refractivity contribution in [2.45, 2.75) is 6.04 Å². The van der Waals surface area contributed by atoms with E-state index in [9.17, 15) is 4.79 Å². The molecule has 3 aromatic rings.